The van der Waals surface area contributed by atoms with Gasteiger partial charge in [-0.1, -0.05) is 0 Å². The SMILES string of the molecule is CC(NCc1cnc2cnc(Br)cn12)C1CCOCC1. The van der Waals surface area contributed by atoms with Gasteiger partial charge < -0.3 is 10.1 Å². The number of nitrogens with one attached hydrogen (secondary N) is 1. The maximum Gasteiger partial charge on any atom is 0.155 e. The van der Waals surface area contributed by atoms with Crippen LogP contribution in [0.25, 0.3) is 5.65 Å². The minimum Gasteiger partial charge on any atom is -0.381 e. The number of ether oxygens (including phenoxy) is 1. The molecule has 1 aliphatic rings. The molecule has 0 spiro atoms. The highest BCUT2D eigenvalue weighted by Gasteiger charge is 2.20. The van der Waals surface area contributed by atoms with Crippen molar-refractivity contribution in [2.75, 3.05) is 13.2 Å². The second-order valence-electron chi connectivity index (χ2n) is 5.31. The molecule has 2 aromatic heterocycles. The molecule has 6 heteroatoms. The Morgan fingerprint density at radius 2 is 2.20 bits per heavy atom. The summed E-state index contributed by atoms with van der Waals surface area (Å²) in [6.45, 7) is 4.86. The van der Waals surface area contributed by atoms with Crippen LogP contribution in [0.4, 0.5) is 0 Å². The molecule has 0 saturated carbocycles. The Labute approximate surface area is 126 Å². The predicted octanol–water partition coefficient (Wildman–Crippen LogP) is 2.40. The van der Waals surface area contributed by atoms with E-state index in [-0.39, 0.29) is 0 Å². The van der Waals surface area contributed by atoms with Crippen molar-refractivity contribution in [2.45, 2.75) is 32.4 Å². The molecule has 0 aromatic carbocycles. The van der Waals surface area contributed by atoms with Crippen LogP contribution < -0.4 is 5.32 Å². The van der Waals surface area contributed by atoms with E-state index >= 15 is 0 Å². The summed E-state index contributed by atoms with van der Waals surface area (Å²) in [5.41, 5.74) is 2.03. The summed E-state index contributed by atoms with van der Waals surface area (Å²) >= 11 is 3.40. The third-order valence-corrected chi connectivity index (χ3v) is 4.43. The number of halogens is 1. The topological polar surface area (TPSA) is 51.5 Å². The van der Waals surface area contributed by atoms with E-state index in [1.807, 2.05) is 12.4 Å². The summed E-state index contributed by atoms with van der Waals surface area (Å²) in [6.07, 6.45) is 7.94. The molecule has 1 atom stereocenters. The summed E-state index contributed by atoms with van der Waals surface area (Å²) in [4.78, 5) is 8.56. The molecule has 1 N–H and O–H groups in total. The number of hydrogen-bond donors (Lipinski definition) is 1. The molecule has 0 amide bonds. The van der Waals surface area contributed by atoms with Crippen LogP contribution in [0.3, 0.4) is 0 Å². The van der Waals surface area contributed by atoms with Crippen LogP contribution in [-0.2, 0) is 11.3 Å². The van der Waals surface area contributed by atoms with Gasteiger partial charge in [-0.25, -0.2) is 9.97 Å². The average molecular weight is 339 g/mol. The summed E-state index contributed by atoms with van der Waals surface area (Å²) in [5, 5.41) is 3.61. The van der Waals surface area contributed by atoms with Gasteiger partial charge in [0.25, 0.3) is 0 Å². The number of nitrogens with zero attached hydrogens (tertiary/aromatic N) is 3. The van der Waals surface area contributed by atoms with E-state index in [1.165, 1.54) is 0 Å². The first kappa shape index (κ1) is 14.0. The van der Waals surface area contributed by atoms with Crippen molar-refractivity contribution in [3.63, 3.8) is 0 Å². The Morgan fingerprint density at radius 1 is 1.40 bits per heavy atom. The van der Waals surface area contributed by atoms with Crippen LogP contribution in [0.2, 0.25) is 0 Å². The lowest BCUT2D eigenvalue weighted by Crippen LogP contribution is -2.36. The van der Waals surface area contributed by atoms with Crippen LogP contribution in [0.15, 0.2) is 23.2 Å². The van der Waals surface area contributed by atoms with Gasteiger partial charge in [0.05, 0.1) is 18.1 Å². The van der Waals surface area contributed by atoms with Crippen molar-refractivity contribution in [1.29, 1.82) is 0 Å². The van der Waals surface area contributed by atoms with Gasteiger partial charge in [0.2, 0.25) is 0 Å². The fourth-order valence-electron chi connectivity index (χ4n) is 2.69. The Kier molecular flexibility index (Phi) is 4.33. The highest BCUT2D eigenvalue weighted by Crippen LogP contribution is 2.19. The molecule has 1 saturated heterocycles. The quantitative estimate of drug-likeness (QED) is 0.929. The highest BCUT2D eigenvalue weighted by atomic mass is 79.9. The minimum atomic E-state index is 0.495. The molecule has 0 bridgehead atoms. The Bertz CT molecular complexity index is 580. The lowest BCUT2D eigenvalue weighted by molar-refractivity contribution is 0.0557. The summed E-state index contributed by atoms with van der Waals surface area (Å²) in [6, 6.07) is 0.495. The van der Waals surface area contributed by atoms with Crippen LogP contribution in [0.5, 0.6) is 0 Å². The van der Waals surface area contributed by atoms with Gasteiger partial charge in [0.1, 0.15) is 4.60 Å². The van der Waals surface area contributed by atoms with E-state index in [4.69, 9.17) is 4.74 Å². The summed E-state index contributed by atoms with van der Waals surface area (Å²) < 4.78 is 8.31. The molecule has 20 heavy (non-hydrogen) atoms. The third-order valence-electron chi connectivity index (χ3n) is 4.02. The van der Waals surface area contributed by atoms with Crippen LogP contribution in [0, 0.1) is 5.92 Å². The predicted molar refractivity (Wildman–Crippen MR) is 80.5 cm³/mol. The van der Waals surface area contributed by atoms with Crippen LogP contribution in [-0.4, -0.2) is 33.6 Å². The molecule has 3 rings (SSSR count). The minimum absolute atomic E-state index is 0.495. The fraction of sp³-hybridized carbons (Fsp3) is 0.571. The smallest absolute Gasteiger partial charge is 0.155 e. The van der Waals surface area contributed by atoms with Crippen molar-refractivity contribution in [2.24, 2.45) is 5.92 Å². The van der Waals surface area contributed by atoms with Gasteiger partial charge >= 0.3 is 0 Å². The van der Waals surface area contributed by atoms with E-state index in [1.54, 1.807) is 6.20 Å². The average Bonchev–Trinajstić information content (AvgIpc) is 2.88. The zero-order valence-electron chi connectivity index (χ0n) is 11.6. The number of imidazole rings is 1. The van der Waals surface area contributed by atoms with Crippen molar-refractivity contribution < 1.29 is 4.74 Å². The van der Waals surface area contributed by atoms with Gasteiger partial charge in [-0.15, -0.1) is 0 Å². The summed E-state index contributed by atoms with van der Waals surface area (Å²) in [5.74, 6) is 0.705. The van der Waals surface area contributed by atoms with Crippen molar-refractivity contribution in [3.05, 3.63) is 28.9 Å². The molecule has 108 valence electrons. The molecule has 5 nitrogen and oxygen atoms in total. The molecule has 0 aliphatic carbocycles. The molecule has 3 heterocycles. The van der Waals surface area contributed by atoms with Gasteiger partial charge in [0, 0.05) is 32.0 Å². The number of fused-ring (bicyclic) bond motifs is 1. The van der Waals surface area contributed by atoms with E-state index in [0.717, 1.165) is 48.5 Å². The maximum absolute atomic E-state index is 5.42. The third kappa shape index (κ3) is 3.02. The number of hydrogen-bond acceptors (Lipinski definition) is 4. The molecule has 1 unspecified atom stereocenters. The molecule has 1 fully saturated rings. The second kappa shape index (κ2) is 6.20. The first-order chi connectivity index (χ1) is 9.74. The molecule has 1 aliphatic heterocycles. The normalized spacial score (nSPS) is 18.5. The fourth-order valence-corrected chi connectivity index (χ4v) is 3.00. The van der Waals surface area contributed by atoms with Gasteiger partial charge in [-0.3, -0.25) is 4.40 Å². The van der Waals surface area contributed by atoms with Crippen molar-refractivity contribution >= 4 is 21.6 Å². The molecule has 2 aromatic rings. The lowest BCUT2D eigenvalue weighted by atomic mass is 9.93. The van der Waals surface area contributed by atoms with E-state index in [9.17, 15) is 0 Å². The monoisotopic (exact) mass is 338 g/mol. The van der Waals surface area contributed by atoms with Gasteiger partial charge in [0.15, 0.2) is 5.65 Å². The Hall–Kier alpha value is -0.980. The Morgan fingerprint density at radius 3 is 3.00 bits per heavy atom. The van der Waals surface area contributed by atoms with E-state index in [2.05, 4.69) is 42.5 Å². The zero-order valence-corrected chi connectivity index (χ0v) is 13.1. The Balaban J connectivity index is 1.65. The molecular formula is C14H19BrN4O. The first-order valence-electron chi connectivity index (χ1n) is 7.02. The van der Waals surface area contributed by atoms with Gasteiger partial charge in [-0.2, -0.15) is 0 Å². The number of aromatic nitrogens is 3. The van der Waals surface area contributed by atoms with Crippen LogP contribution in [0.1, 0.15) is 25.5 Å². The highest BCUT2D eigenvalue weighted by molar-refractivity contribution is 9.10. The van der Waals surface area contributed by atoms with Gasteiger partial charge in [-0.05, 0) is 41.6 Å². The zero-order chi connectivity index (χ0) is 13.9. The molecular weight excluding hydrogens is 320 g/mol. The van der Waals surface area contributed by atoms with E-state index < -0.39 is 0 Å². The second-order valence-corrected chi connectivity index (χ2v) is 6.12. The standard InChI is InChI=1S/C14H19BrN4O/c1-10(11-2-4-20-5-3-11)16-6-12-7-18-14-8-17-13(15)9-19(12)14/h7-11,16H,2-6H2,1H3. The first-order valence-corrected chi connectivity index (χ1v) is 7.82. The molecule has 0 radical (unpaired) electrons. The van der Waals surface area contributed by atoms with Crippen molar-refractivity contribution in [3.8, 4) is 0 Å². The van der Waals surface area contributed by atoms with E-state index in [0.29, 0.717) is 12.0 Å². The lowest BCUT2D eigenvalue weighted by Gasteiger charge is -2.28. The summed E-state index contributed by atoms with van der Waals surface area (Å²) in [7, 11) is 0. The maximum atomic E-state index is 5.42. The number of rotatable bonds is 4. The van der Waals surface area contributed by atoms with Crippen LogP contribution >= 0.6 is 15.9 Å². The van der Waals surface area contributed by atoms with Crippen molar-refractivity contribution in [1.82, 2.24) is 19.7 Å². The largest absolute Gasteiger partial charge is 0.381 e.